The van der Waals surface area contributed by atoms with E-state index in [9.17, 15) is 9.90 Å². The van der Waals surface area contributed by atoms with Gasteiger partial charge in [-0.1, -0.05) is 5.16 Å². The smallest absolute Gasteiger partial charge is 0.220 e. The lowest BCUT2D eigenvalue weighted by molar-refractivity contribution is -0.136. The predicted octanol–water partition coefficient (Wildman–Crippen LogP) is 0.363. The molecule has 2 rings (SSSR count). The highest BCUT2D eigenvalue weighted by atomic mass is 16.5. The molecule has 2 heterocycles. The van der Waals surface area contributed by atoms with Crippen molar-refractivity contribution in [1.29, 1.82) is 0 Å². The largest absolute Gasteiger partial charge is 0.390 e. The number of carbonyl (C=O) groups excluding carboxylic acids is 1. The van der Waals surface area contributed by atoms with Crippen molar-refractivity contribution in [3.8, 4) is 0 Å². The fourth-order valence-corrected chi connectivity index (χ4v) is 2.65. The molecule has 1 saturated heterocycles. The molecule has 0 aliphatic carbocycles. The van der Waals surface area contributed by atoms with Crippen molar-refractivity contribution < 1.29 is 23.9 Å². The van der Waals surface area contributed by atoms with E-state index in [1.807, 2.05) is 13.8 Å². The number of aliphatic hydroxyl groups is 1. The second-order valence-corrected chi connectivity index (χ2v) is 5.67. The van der Waals surface area contributed by atoms with Crippen molar-refractivity contribution in [1.82, 2.24) is 10.5 Å². The number of hydrogen-bond donors (Lipinski definition) is 2. The molecule has 1 fully saturated rings. The number of amides is 1. The van der Waals surface area contributed by atoms with Crippen LogP contribution in [0.2, 0.25) is 0 Å². The third-order valence-corrected chi connectivity index (χ3v) is 4.13. The van der Waals surface area contributed by atoms with E-state index in [4.69, 9.17) is 14.0 Å². The van der Waals surface area contributed by atoms with Crippen LogP contribution in [0.4, 0.5) is 0 Å². The molecule has 1 aromatic rings. The summed E-state index contributed by atoms with van der Waals surface area (Å²) in [6, 6.07) is 0. The van der Waals surface area contributed by atoms with Crippen molar-refractivity contribution >= 4 is 5.91 Å². The van der Waals surface area contributed by atoms with E-state index in [0.717, 1.165) is 17.0 Å². The molecule has 1 aliphatic heterocycles. The van der Waals surface area contributed by atoms with Gasteiger partial charge in [-0.25, -0.2) is 0 Å². The Balaban J connectivity index is 1.76. The van der Waals surface area contributed by atoms with Gasteiger partial charge >= 0.3 is 0 Å². The van der Waals surface area contributed by atoms with Crippen LogP contribution in [0.1, 0.15) is 23.4 Å². The lowest BCUT2D eigenvalue weighted by Gasteiger charge is -2.33. The van der Waals surface area contributed by atoms with E-state index >= 15 is 0 Å². The Kier molecular flexibility index (Phi) is 5.93. The van der Waals surface area contributed by atoms with Gasteiger partial charge in [-0.05, 0) is 20.3 Å². The van der Waals surface area contributed by atoms with Gasteiger partial charge in [0, 0.05) is 31.6 Å². The molecule has 0 saturated carbocycles. The first-order valence-electron chi connectivity index (χ1n) is 7.50. The third kappa shape index (κ3) is 4.06. The average molecular weight is 312 g/mol. The second-order valence-electron chi connectivity index (χ2n) is 5.67. The average Bonchev–Trinajstić information content (AvgIpc) is 2.83. The van der Waals surface area contributed by atoms with Gasteiger partial charge < -0.3 is 24.4 Å². The molecule has 3 atom stereocenters. The molecule has 1 aliphatic rings. The monoisotopic (exact) mass is 312 g/mol. The zero-order valence-electron chi connectivity index (χ0n) is 13.3. The zero-order valence-corrected chi connectivity index (χ0v) is 13.3. The number of aliphatic hydroxyl groups excluding tert-OH is 1. The van der Waals surface area contributed by atoms with Crippen molar-refractivity contribution in [2.75, 3.05) is 26.9 Å². The Labute approximate surface area is 130 Å². The highest BCUT2D eigenvalue weighted by Gasteiger charge is 2.32. The summed E-state index contributed by atoms with van der Waals surface area (Å²) in [6.45, 7) is 4.89. The number of aryl methyl sites for hydroxylation is 2. The molecule has 22 heavy (non-hydrogen) atoms. The van der Waals surface area contributed by atoms with E-state index in [2.05, 4.69) is 10.5 Å². The summed E-state index contributed by atoms with van der Waals surface area (Å²) < 4.78 is 15.6. The summed E-state index contributed by atoms with van der Waals surface area (Å²) in [5.74, 6) is 0.540. The number of aromatic nitrogens is 1. The maximum Gasteiger partial charge on any atom is 0.220 e. The van der Waals surface area contributed by atoms with Crippen molar-refractivity contribution in [3.05, 3.63) is 17.0 Å². The molecule has 0 aromatic carbocycles. The maximum atomic E-state index is 11.9. The van der Waals surface area contributed by atoms with Gasteiger partial charge in [0.15, 0.2) is 0 Å². The standard InChI is InChI=1S/C15H24N2O5/c1-9-12(10(2)22-17-9)4-5-14(18)16-6-11-7-21-8-13(20-3)15(11)19/h11,13,15,19H,4-8H2,1-3H3,(H,16,18)/t11-,13-,15+/m1/s1. The number of ether oxygens (including phenoxy) is 2. The molecule has 1 amide bonds. The van der Waals surface area contributed by atoms with E-state index in [1.54, 1.807) is 7.11 Å². The molecule has 7 heteroatoms. The molecule has 0 spiro atoms. The Morgan fingerprint density at radius 2 is 2.23 bits per heavy atom. The van der Waals surface area contributed by atoms with Crippen LogP contribution in [-0.4, -0.2) is 55.2 Å². The van der Waals surface area contributed by atoms with Crippen LogP contribution in [0.5, 0.6) is 0 Å². The molecular formula is C15H24N2O5. The minimum absolute atomic E-state index is 0.0632. The lowest BCUT2D eigenvalue weighted by atomic mass is 9.96. The molecular weight excluding hydrogens is 288 g/mol. The first-order valence-corrected chi connectivity index (χ1v) is 7.50. The van der Waals surface area contributed by atoms with Crippen LogP contribution in [-0.2, 0) is 20.7 Å². The van der Waals surface area contributed by atoms with Crippen LogP contribution in [0.15, 0.2) is 4.52 Å². The Morgan fingerprint density at radius 1 is 1.45 bits per heavy atom. The number of nitrogens with one attached hydrogen (secondary N) is 1. The molecule has 124 valence electrons. The van der Waals surface area contributed by atoms with E-state index < -0.39 is 6.10 Å². The Bertz CT molecular complexity index is 483. The quantitative estimate of drug-likeness (QED) is 0.788. The normalized spacial score (nSPS) is 25.2. The third-order valence-electron chi connectivity index (χ3n) is 4.13. The highest BCUT2D eigenvalue weighted by Crippen LogP contribution is 2.17. The van der Waals surface area contributed by atoms with E-state index in [1.165, 1.54) is 0 Å². The summed E-state index contributed by atoms with van der Waals surface area (Å²) in [7, 11) is 1.54. The predicted molar refractivity (Wildman–Crippen MR) is 78.4 cm³/mol. The number of nitrogens with zero attached hydrogens (tertiary/aromatic N) is 1. The fraction of sp³-hybridized carbons (Fsp3) is 0.733. The van der Waals surface area contributed by atoms with E-state index in [-0.39, 0.29) is 17.9 Å². The van der Waals surface area contributed by atoms with Gasteiger partial charge in [0.05, 0.1) is 25.0 Å². The zero-order chi connectivity index (χ0) is 16.1. The first kappa shape index (κ1) is 16.9. The SMILES string of the molecule is CO[C@@H]1COC[C@@H](CNC(=O)CCc2c(C)noc2C)[C@@H]1O. The molecule has 2 N–H and O–H groups in total. The molecule has 1 aromatic heterocycles. The minimum atomic E-state index is -0.624. The van der Waals surface area contributed by atoms with Crippen LogP contribution in [0.25, 0.3) is 0 Å². The van der Waals surface area contributed by atoms with Crippen LogP contribution >= 0.6 is 0 Å². The Morgan fingerprint density at radius 3 is 2.86 bits per heavy atom. The number of carbonyl (C=O) groups is 1. The molecule has 0 bridgehead atoms. The van der Waals surface area contributed by atoms with Gasteiger partial charge in [-0.15, -0.1) is 0 Å². The van der Waals surface area contributed by atoms with Gasteiger partial charge in [0.1, 0.15) is 11.9 Å². The first-order chi connectivity index (χ1) is 10.5. The highest BCUT2D eigenvalue weighted by molar-refractivity contribution is 5.76. The van der Waals surface area contributed by atoms with Gasteiger partial charge in [0.2, 0.25) is 5.91 Å². The lowest BCUT2D eigenvalue weighted by Crippen LogP contribution is -2.49. The topological polar surface area (TPSA) is 93.8 Å². The molecule has 0 radical (unpaired) electrons. The number of rotatable bonds is 6. The van der Waals surface area contributed by atoms with Crippen molar-refractivity contribution in [2.24, 2.45) is 5.92 Å². The number of hydrogen-bond acceptors (Lipinski definition) is 6. The van der Waals surface area contributed by atoms with Crippen molar-refractivity contribution in [3.63, 3.8) is 0 Å². The minimum Gasteiger partial charge on any atom is -0.390 e. The van der Waals surface area contributed by atoms with Gasteiger partial charge in [0.25, 0.3) is 0 Å². The summed E-state index contributed by atoms with van der Waals surface area (Å²) in [4.78, 5) is 11.9. The molecule has 0 unspecified atom stereocenters. The van der Waals surface area contributed by atoms with E-state index in [0.29, 0.717) is 32.6 Å². The summed E-state index contributed by atoms with van der Waals surface area (Å²) in [5.41, 5.74) is 1.81. The summed E-state index contributed by atoms with van der Waals surface area (Å²) >= 11 is 0. The van der Waals surface area contributed by atoms with Crippen molar-refractivity contribution in [2.45, 2.75) is 38.9 Å². The second kappa shape index (κ2) is 7.71. The summed E-state index contributed by atoms with van der Waals surface area (Å²) in [6.07, 6.45) is -0.00269. The Hall–Kier alpha value is -1.44. The molecule has 7 nitrogen and oxygen atoms in total. The van der Waals surface area contributed by atoms with Crippen LogP contribution in [0.3, 0.4) is 0 Å². The van der Waals surface area contributed by atoms with Crippen LogP contribution in [0, 0.1) is 19.8 Å². The van der Waals surface area contributed by atoms with Gasteiger partial charge in [-0.2, -0.15) is 0 Å². The fourth-order valence-electron chi connectivity index (χ4n) is 2.65. The number of methoxy groups -OCH3 is 1. The van der Waals surface area contributed by atoms with Crippen LogP contribution < -0.4 is 5.32 Å². The summed E-state index contributed by atoms with van der Waals surface area (Å²) in [5, 5.41) is 16.8. The van der Waals surface area contributed by atoms with Gasteiger partial charge in [-0.3, -0.25) is 4.79 Å². The maximum absolute atomic E-state index is 11.9.